The molecule has 57 heavy (non-hydrogen) atoms. The Morgan fingerprint density at radius 1 is 1.05 bits per heavy atom. The maximum absolute atomic E-state index is 15.1. The number of benzene rings is 1. The molecule has 0 unspecified atom stereocenters. The number of pyridine rings is 1. The molecule has 0 bridgehead atoms. The molecule has 0 atom stereocenters. The summed E-state index contributed by atoms with van der Waals surface area (Å²) in [4.78, 5) is 56.4. The number of urea groups is 1. The topological polar surface area (TPSA) is 188 Å². The van der Waals surface area contributed by atoms with E-state index in [-0.39, 0.29) is 53.2 Å². The lowest BCUT2D eigenvalue weighted by Crippen LogP contribution is -2.61. The number of rotatable bonds is 13. The summed E-state index contributed by atoms with van der Waals surface area (Å²) in [6, 6.07) is 9.59. The van der Waals surface area contributed by atoms with Crippen molar-refractivity contribution in [2.24, 2.45) is 5.41 Å². The lowest BCUT2D eigenvalue weighted by molar-refractivity contribution is -0.182. The van der Waals surface area contributed by atoms with Gasteiger partial charge in [-0.25, -0.2) is 24.1 Å². The molecule has 2 fully saturated rings. The molecular formula is C38H39F4N11O4. The number of carbonyl (C=O) groups is 3. The number of likely N-dealkylation sites (tertiary alicyclic amines) is 1. The van der Waals surface area contributed by atoms with Gasteiger partial charge in [-0.15, -0.1) is 0 Å². The van der Waals surface area contributed by atoms with Crippen LogP contribution in [0.25, 0.3) is 22.8 Å². The molecule has 0 radical (unpaired) electrons. The van der Waals surface area contributed by atoms with Gasteiger partial charge in [-0.05, 0) is 73.8 Å². The van der Waals surface area contributed by atoms with Crippen LogP contribution in [-0.2, 0) is 23.3 Å². The number of hydrogen-bond donors (Lipinski definition) is 3. The number of hydrogen-bond acceptors (Lipinski definition) is 11. The number of H-pyrrole nitrogens is 1. The van der Waals surface area contributed by atoms with Gasteiger partial charge in [0.15, 0.2) is 17.3 Å². The number of imide groups is 1. The predicted molar refractivity (Wildman–Crippen MR) is 196 cm³/mol. The number of nitrogens with one attached hydrogen (secondary N) is 3. The molecule has 19 heteroatoms. The van der Waals surface area contributed by atoms with E-state index >= 15 is 4.39 Å². The Morgan fingerprint density at radius 2 is 1.81 bits per heavy atom. The fourth-order valence-electron chi connectivity index (χ4n) is 7.23. The standard InChI is InChI=1S/C38H39F4N11O4/c1-4-9-53(35(56)47-21-54)29-8-6-23(10-26(29)39)24-12-37(13-24)19-52(20-37)18-22-5-7-27(43-14-22)25-15-44-32(45-16-25)28-11-30(57-51-28)33(55)46-17-31-48-34(50-49-31)36(2,3)38(40,41)42/h5-8,10-11,14-16,21,24H,4,9,12-13,17-20H2,1-3H3,(H,46,55)(H,47,54,56)(H,48,49,50). The summed E-state index contributed by atoms with van der Waals surface area (Å²) in [7, 11) is 0. The highest BCUT2D eigenvalue weighted by atomic mass is 19.4. The number of carbonyl (C=O) groups excluding carboxylic acids is 3. The molecule has 5 heterocycles. The van der Waals surface area contributed by atoms with Crippen molar-refractivity contribution in [3.8, 4) is 22.8 Å². The van der Waals surface area contributed by atoms with Crippen LogP contribution in [0.15, 0.2) is 59.5 Å². The first-order chi connectivity index (χ1) is 27.2. The zero-order valence-electron chi connectivity index (χ0n) is 31.2. The zero-order chi connectivity index (χ0) is 40.5. The van der Waals surface area contributed by atoms with Crippen molar-refractivity contribution in [2.45, 2.75) is 70.6 Å². The van der Waals surface area contributed by atoms with Crippen LogP contribution < -0.4 is 15.5 Å². The summed E-state index contributed by atoms with van der Waals surface area (Å²) in [5.41, 5.74) is 1.60. The maximum Gasteiger partial charge on any atom is 0.401 e. The highest BCUT2D eigenvalue weighted by Gasteiger charge is 2.53. The Morgan fingerprint density at radius 3 is 2.46 bits per heavy atom. The van der Waals surface area contributed by atoms with E-state index < -0.39 is 35.2 Å². The molecule has 1 saturated carbocycles. The highest BCUT2D eigenvalue weighted by Crippen LogP contribution is 2.56. The summed E-state index contributed by atoms with van der Waals surface area (Å²) in [6.07, 6.45) is 3.25. The van der Waals surface area contributed by atoms with Crippen LogP contribution >= 0.6 is 0 Å². The minimum atomic E-state index is -4.56. The van der Waals surface area contributed by atoms with Gasteiger partial charge in [0.05, 0.1) is 17.9 Å². The van der Waals surface area contributed by atoms with Crippen molar-refractivity contribution in [2.75, 3.05) is 24.5 Å². The Hall–Kier alpha value is -6.11. The average Bonchev–Trinajstić information content (AvgIpc) is 3.85. The van der Waals surface area contributed by atoms with Gasteiger partial charge < -0.3 is 9.84 Å². The van der Waals surface area contributed by atoms with E-state index in [0.717, 1.165) is 57.5 Å². The van der Waals surface area contributed by atoms with Crippen LogP contribution in [0.5, 0.6) is 0 Å². The molecule has 3 N–H and O–H groups in total. The largest absolute Gasteiger partial charge is 0.401 e. The molecule has 7 rings (SSSR count). The van der Waals surface area contributed by atoms with E-state index in [4.69, 9.17) is 4.52 Å². The normalized spacial score (nSPS) is 15.5. The van der Waals surface area contributed by atoms with Crippen LogP contribution in [0.3, 0.4) is 0 Å². The van der Waals surface area contributed by atoms with Gasteiger partial charge in [0, 0.05) is 56.4 Å². The van der Waals surface area contributed by atoms with Crippen molar-refractivity contribution in [3.05, 3.63) is 89.3 Å². The molecular weight excluding hydrogens is 750 g/mol. The Labute approximate surface area is 323 Å². The van der Waals surface area contributed by atoms with Crippen molar-refractivity contribution in [1.29, 1.82) is 0 Å². The fourth-order valence-corrected chi connectivity index (χ4v) is 7.23. The SMILES string of the molecule is CCCN(C(=O)NC=O)c1ccc(C2CC3(C2)CN(Cc2ccc(-c4cnc(-c5cc(C(=O)NCc6nc(C(C)(C)C(F)(F)F)n[nH]6)on5)nc4)nc2)C3)cc1F. The second-order valence-corrected chi connectivity index (χ2v) is 15.0. The molecule has 1 aliphatic heterocycles. The molecule has 1 saturated heterocycles. The molecule has 2 aliphatic rings. The average molecular weight is 790 g/mol. The fraction of sp³-hybridized carbons (Fsp3) is 0.395. The number of alkyl halides is 3. The summed E-state index contributed by atoms with van der Waals surface area (Å²) in [5.74, 6) is -1.26. The third kappa shape index (κ3) is 8.09. The van der Waals surface area contributed by atoms with Gasteiger partial charge in [0.1, 0.15) is 17.1 Å². The molecule has 298 valence electrons. The van der Waals surface area contributed by atoms with E-state index in [0.29, 0.717) is 24.1 Å². The van der Waals surface area contributed by atoms with Crippen LogP contribution in [-0.4, -0.2) is 84.3 Å². The quantitative estimate of drug-likeness (QED) is 0.0984. The summed E-state index contributed by atoms with van der Waals surface area (Å²) in [6.45, 7) is 6.49. The van der Waals surface area contributed by atoms with Crippen LogP contribution in [0.1, 0.15) is 79.3 Å². The van der Waals surface area contributed by atoms with Crippen LogP contribution in [0, 0.1) is 11.2 Å². The van der Waals surface area contributed by atoms with Gasteiger partial charge in [-0.2, -0.15) is 18.3 Å². The lowest BCUT2D eigenvalue weighted by Gasteiger charge is -2.59. The van der Waals surface area contributed by atoms with Gasteiger partial charge in [0.2, 0.25) is 12.2 Å². The van der Waals surface area contributed by atoms with Crippen molar-refractivity contribution >= 4 is 24.0 Å². The third-order valence-electron chi connectivity index (χ3n) is 10.4. The maximum atomic E-state index is 15.1. The molecule has 5 aromatic rings. The Kier molecular flexibility index (Phi) is 10.6. The predicted octanol–water partition coefficient (Wildman–Crippen LogP) is 5.68. The van der Waals surface area contributed by atoms with E-state index in [1.54, 1.807) is 18.5 Å². The van der Waals surface area contributed by atoms with Crippen LogP contribution in [0.4, 0.5) is 28.0 Å². The molecule has 1 spiro atoms. The van der Waals surface area contributed by atoms with Gasteiger partial charge in [-0.3, -0.25) is 34.8 Å². The summed E-state index contributed by atoms with van der Waals surface area (Å²) >= 11 is 0. The first-order valence-corrected chi connectivity index (χ1v) is 18.2. The molecule has 1 aromatic carbocycles. The van der Waals surface area contributed by atoms with Gasteiger partial charge >= 0.3 is 12.2 Å². The minimum absolute atomic E-state index is 0.0373. The first kappa shape index (κ1) is 39.1. The lowest BCUT2D eigenvalue weighted by atomic mass is 9.56. The number of aromatic amines is 1. The van der Waals surface area contributed by atoms with E-state index in [9.17, 15) is 27.6 Å². The van der Waals surface area contributed by atoms with Gasteiger partial charge in [0.25, 0.3) is 5.91 Å². The number of aromatic nitrogens is 7. The van der Waals surface area contributed by atoms with Crippen molar-refractivity contribution < 1.29 is 36.5 Å². The summed E-state index contributed by atoms with van der Waals surface area (Å²) < 4.78 is 60.2. The zero-order valence-corrected chi connectivity index (χ0v) is 31.2. The van der Waals surface area contributed by atoms with Crippen molar-refractivity contribution in [1.82, 2.24) is 50.8 Å². The monoisotopic (exact) mass is 789 g/mol. The number of halogens is 4. The Balaban J connectivity index is 0.872. The van der Waals surface area contributed by atoms with E-state index in [1.165, 1.54) is 17.0 Å². The van der Waals surface area contributed by atoms with Crippen molar-refractivity contribution in [3.63, 3.8) is 0 Å². The second kappa shape index (κ2) is 15.4. The van der Waals surface area contributed by atoms with E-state index in [2.05, 4.69) is 50.8 Å². The molecule has 4 amide bonds. The number of anilines is 1. The summed E-state index contributed by atoms with van der Waals surface area (Å²) in [5, 5.41) is 14.5. The molecule has 15 nitrogen and oxygen atoms in total. The number of amides is 4. The first-order valence-electron chi connectivity index (χ1n) is 18.2. The highest BCUT2D eigenvalue weighted by molar-refractivity contribution is 5.97. The number of nitrogens with zero attached hydrogens (tertiary/aromatic N) is 8. The van der Waals surface area contributed by atoms with Gasteiger partial charge in [-0.1, -0.05) is 24.2 Å². The third-order valence-corrected chi connectivity index (χ3v) is 10.4. The smallest absolute Gasteiger partial charge is 0.350 e. The molecule has 4 aromatic heterocycles. The van der Waals surface area contributed by atoms with Crippen LogP contribution in [0.2, 0.25) is 0 Å². The van der Waals surface area contributed by atoms with E-state index in [1.807, 2.05) is 31.3 Å². The second-order valence-electron chi connectivity index (χ2n) is 15.0. The minimum Gasteiger partial charge on any atom is -0.350 e. The Bertz CT molecular complexity index is 2240. The molecule has 1 aliphatic carbocycles.